The van der Waals surface area contributed by atoms with Crippen molar-refractivity contribution in [3.63, 3.8) is 0 Å². The van der Waals surface area contributed by atoms with E-state index in [9.17, 15) is 0 Å². The first-order chi connectivity index (χ1) is 33.2. The van der Waals surface area contributed by atoms with Crippen LogP contribution in [-0.4, -0.2) is 9.97 Å². The van der Waals surface area contributed by atoms with Crippen LogP contribution in [0.15, 0.2) is 194 Å². The van der Waals surface area contributed by atoms with Crippen molar-refractivity contribution in [2.24, 2.45) is 0 Å². The number of rotatable bonds is 6. The molecule has 10 aromatic rings. The molecule has 3 aliphatic carbocycles. The van der Waals surface area contributed by atoms with E-state index in [2.05, 4.69) is 233 Å². The number of nitrogens with zero attached hydrogens (tertiary/aromatic N) is 4. The van der Waals surface area contributed by atoms with Gasteiger partial charge < -0.3 is 0 Å². The number of pyridine rings is 2. The molecule has 2 aromatic heterocycles. The van der Waals surface area contributed by atoms with Gasteiger partial charge in [-0.2, -0.15) is 0 Å². The Morgan fingerprint density at radius 1 is 0.397 bits per heavy atom. The van der Waals surface area contributed by atoms with Gasteiger partial charge in [0.15, 0.2) is 0 Å². The van der Waals surface area contributed by atoms with E-state index < -0.39 is 10.8 Å². The van der Waals surface area contributed by atoms with Gasteiger partial charge in [0.25, 0.3) is 0 Å². The smallest absolute Gasteiger partial charge is 0.140 e. The first-order valence-corrected chi connectivity index (χ1v) is 23.8. The van der Waals surface area contributed by atoms with E-state index in [-0.39, 0.29) is 0 Å². The molecule has 0 radical (unpaired) electrons. The average molecular weight is 875 g/mol. The maximum absolute atomic E-state index is 5.31. The van der Waals surface area contributed by atoms with Crippen molar-refractivity contribution in [1.82, 2.24) is 9.97 Å². The SMILES string of the molecule is Cc1cnc(N(c2ccccc2)c2ccc3c(c2)C(C)(C)c2c-3cc(N(c3ccccc3)c3ncc(C)cc3C)c3c2C2(c4ccccc4-c4ccccc42)c2c-3ccc3ccccc23)c(C)c1. The highest BCUT2D eigenvalue weighted by Crippen LogP contribution is 2.70. The molecule has 1 spiro atoms. The third kappa shape index (κ3) is 5.49. The first kappa shape index (κ1) is 40.2. The summed E-state index contributed by atoms with van der Waals surface area (Å²) >= 11 is 0. The maximum atomic E-state index is 5.31. The highest BCUT2D eigenvalue weighted by Gasteiger charge is 2.57. The number of anilines is 6. The molecule has 68 heavy (non-hydrogen) atoms. The standard InChI is InChI=1S/C64H50N4/c1-39-33-41(3)61(65-37-39)67(44-20-9-7-10-21-44)46-30-32-50-52-36-56(68(45-22-11-8-12-23-45)62-42(4)34-40(2)38-66-62)57-51-31-29-43-19-13-14-24-47(43)58(51)64(60(57)59(52)63(5,6)55(50)35-46)53-27-17-15-25-48(53)49-26-16-18-28-54(49)64/h7-38H,1-6H3. The molecule has 4 nitrogen and oxygen atoms in total. The number of fused-ring (bicyclic) bond motifs is 16. The highest BCUT2D eigenvalue weighted by molar-refractivity contribution is 6.10. The van der Waals surface area contributed by atoms with Crippen LogP contribution in [0.4, 0.5) is 34.4 Å². The van der Waals surface area contributed by atoms with Gasteiger partial charge in [-0.1, -0.05) is 153 Å². The Kier molecular flexibility index (Phi) is 8.70. The van der Waals surface area contributed by atoms with Gasteiger partial charge in [0.05, 0.1) is 11.1 Å². The summed E-state index contributed by atoms with van der Waals surface area (Å²) in [6.45, 7) is 13.5. The summed E-state index contributed by atoms with van der Waals surface area (Å²) in [5.41, 5.74) is 23.4. The predicted molar refractivity (Wildman–Crippen MR) is 282 cm³/mol. The van der Waals surface area contributed by atoms with Crippen LogP contribution in [0.25, 0.3) is 44.2 Å². The minimum atomic E-state index is -0.641. The zero-order chi connectivity index (χ0) is 46.1. The van der Waals surface area contributed by atoms with E-state index in [1.807, 2.05) is 12.4 Å². The summed E-state index contributed by atoms with van der Waals surface area (Å²) in [7, 11) is 0. The molecule has 0 saturated heterocycles. The lowest BCUT2D eigenvalue weighted by atomic mass is 9.65. The Bertz CT molecular complexity index is 3670. The van der Waals surface area contributed by atoms with Crippen LogP contribution >= 0.6 is 0 Å². The normalized spacial score (nSPS) is 14.0. The van der Waals surface area contributed by atoms with Gasteiger partial charge in [0.1, 0.15) is 11.6 Å². The molecular weight excluding hydrogens is 825 g/mol. The summed E-state index contributed by atoms with van der Waals surface area (Å²) < 4.78 is 0. The lowest BCUT2D eigenvalue weighted by Gasteiger charge is -2.37. The second-order valence-corrected chi connectivity index (χ2v) is 19.6. The molecular formula is C64H50N4. The maximum Gasteiger partial charge on any atom is 0.140 e. The third-order valence-corrected chi connectivity index (χ3v) is 15.1. The first-order valence-electron chi connectivity index (χ1n) is 23.8. The fourth-order valence-corrected chi connectivity index (χ4v) is 12.5. The Hall–Kier alpha value is -8.08. The summed E-state index contributed by atoms with van der Waals surface area (Å²) in [4.78, 5) is 15.2. The number of hydrogen-bond donors (Lipinski definition) is 0. The van der Waals surface area contributed by atoms with E-state index in [4.69, 9.17) is 9.97 Å². The van der Waals surface area contributed by atoms with Crippen LogP contribution in [0.5, 0.6) is 0 Å². The van der Waals surface area contributed by atoms with Crippen LogP contribution in [0.1, 0.15) is 69.5 Å². The molecule has 0 saturated carbocycles. The molecule has 8 aromatic carbocycles. The molecule has 4 heteroatoms. The average Bonchev–Trinajstić information content (AvgIpc) is 3.92. The zero-order valence-corrected chi connectivity index (χ0v) is 39.3. The summed E-state index contributed by atoms with van der Waals surface area (Å²) in [5, 5.41) is 2.51. The van der Waals surface area contributed by atoms with Crippen LogP contribution in [0.2, 0.25) is 0 Å². The Morgan fingerprint density at radius 3 is 1.56 bits per heavy atom. The molecule has 0 N–H and O–H groups in total. The van der Waals surface area contributed by atoms with Gasteiger partial charge in [-0.15, -0.1) is 0 Å². The monoisotopic (exact) mass is 874 g/mol. The second-order valence-electron chi connectivity index (χ2n) is 19.6. The number of aromatic nitrogens is 2. The topological polar surface area (TPSA) is 32.3 Å². The number of para-hydroxylation sites is 2. The quantitative estimate of drug-likeness (QED) is 0.167. The fourth-order valence-electron chi connectivity index (χ4n) is 12.5. The predicted octanol–water partition coefficient (Wildman–Crippen LogP) is 16.5. The van der Waals surface area contributed by atoms with Crippen LogP contribution < -0.4 is 9.80 Å². The molecule has 3 aliphatic rings. The molecule has 0 amide bonds. The van der Waals surface area contributed by atoms with Crippen LogP contribution in [0.3, 0.4) is 0 Å². The Balaban J connectivity index is 1.19. The molecule has 0 bridgehead atoms. The Morgan fingerprint density at radius 2 is 0.926 bits per heavy atom. The van der Waals surface area contributed by atoms with Crippen molar-refractivity contribution in [3.05, 3.63) is 250 Å². The second kappa shape index (κ2) is 14.7. The molecule has 0 unspecified atom stereocenters. The molecule has 0 atom stereocenters. The van der Waals surface area contributed by atoms with E-state index in [0.717, 1.165) is 56.6 Å². The fraction of sp³-hybridized carbons (Fsp3) is 0.125. The minimum absolute atomic E-state index is 0.436. The molecule has 326 valence electrons. The number of aryl methyl sites for hydroxylation is 4. The van der Waals surface area contributed by atoms with E-state index in [1.165, 1.54) is 77.5 Å². The van der Waals surface area contributed by atoms with Crippen molar-refractivity contribution in [1.29, 1.82) is 0 Å². The molecule has 0 aliphatic heterocycles. The Labute approximate surface area is 398 Å². The van der Waals surface area contributed by atoms with Gasteiger partial charge in [-0.25, -0.2) is 9.97 Å². The van der Waals surface area contributed by atoms with Crippen LogP contribution in [-0.2, 0) is 10.8 Å². The summed E-state index contributed by atoms with van der Waals surface area (Å²) in [6.07, 6.45) is 4.00. The third-order valence-electron chi connectivity index (χ3n) is 15.1. The highest BCUT2D eigenvalue weighted by atomic mass is 15.2. The van der Waals surface area contributed by atoms with E-state index in [1.54, 1.807) is 0 Å². The molecule has 13 rings (SSSR count). The summed E-state index contributed by atoms with van der Waals surface area (Å²) in [5.74, 6) is 1.85. The lowest BCUT2D eigenvalue weighted by molar-refractivity contribution is 0.637. The van der Waals surface area contributed by atoms with Crippen molar-refractivity contribution < 1.29 is 0 Å². The van der Waals surface area contributed by atoms with E-state index in [0.29, 0.717) is 0 Å². The lowest BCUT2D eigenvalue weighted by Crippen LogP contribution is -2.31. The van der Waals surface area contributed by atoms with Crippen molar-refractivity contribution in [2.75, 3.05) is 9.80 Å². The van der Waals surface area contributed by atoms with Gasteiger partial charge in [0.2, 0.25) is 0 Å². The van der Waals surface area contributed by atoms with Crippen molar-refractivity contribution >= 4 is 45.2 Å². The number of hydrogen-bond acceptors (Lipinski definition) is 4. The van der Waals surface area contributed by atoms with Gasteiger partial charge in [-0.3, -0.25) is 9.80 Å². The van der Waals surface area contributed by atoms with Crippen molar-refractivity contribution in [2.45, 2.75) is 52.4 Å². The van der Waals surface area contributed by atoms with Gasteiger partial charge in [0, 0.05) is 40.4 Å². The van der Waals surface area contributed by atoms with Gasteiger partial charge in [-0.05, 0) is 164 Å². The molecule has 0 fully saturated rings. The van der Waals surface area contributed by atoms with E-state index >= 15 is 0 Å². The molecule has 2 heterocycles. The van der Waals surface area contributed by atoms with Crippen molar-refractivity contribution in [3.8, 4) is 33.4 Å². The largest absolute Gasteiger partial charge is 0.295 e. The van der Waals surface area contributed by atoms with Crippen LogP contribution in [0, 0.1) is 27.7 Å². The summed E-state index contributed by atoms with van der Waals surface area (Å²) in [6, 6.07) is 68.0. The van der Waals surface area contributed by atoms with Gasteiger partial charge >= 0.3 is 0 Å². The zero-order valence-electron chi connectivity index (χ0n) is 39.3. The number of benzene rings is 8. The minimum Gasteiger partial charge on any atom is -0.295 e.